The van der Waals surface area contributed by atoms with E-state index in [4.69, 9.17) is 5.73 Å². The number of aromatic nitrogens is 4. The fraction of sp³-hybridized carbons (Fsp3) is 0.429. The molecule has 2 amide bonds. The van der Waals surface area contributed by atoms with Crippen LogP contribution < -0.4 is 16.4 Å². The van der Waals surface area contributed by atoms with Crippen molar-refractivity contribution in [1.82, 2.24) is 31.3 Å². The molecule has 1 rings (SSSR count). The van der Waals surface area contributed by atoms with Gasteiger partial charge in [0.05, 0.1) is 17.6 Å². The topological polar surface area (TPSA) is 139 Å². The van der Waals surface area contributed by atoms with Gasteiger partial charge in [-0.25, -0.2) is 0 Å². The molecule has 0 saturated heterocycles. The molecule has 5 N–H and O–H groups in total. The van der Waals surface area contributed by atoms with Gasteiger partial charge >= 0.3 is 11.8 Å². The van der Waals surface area contributed by atoms with Crippen molar-refractivity contribution in [1.29, 1.82) is 0 Å². The number of carbonyl (C=O) groups is 2. The molecule has 9 nitrogen and oxygen atoms in total. The van der Waals surface area contributed by atoms with Crippen molar-refractivity contribution in [3.05, 3.63) is 5.82 Å². The molecule has 0 fully saturated rings. The van der Waals surface area contributed by atoms with E-state index in [0.717, 1.165) is 0 Å². The van der Waals surface area contributed by atoms with E-state index in [2.05, 4.69) is 43.5 Å². The summed E-state index contributed by atoms with van der Waals surface area (Å²) in [6.07, 6.45) is 0. The Morgan fingerprint density at radius 2 is 2.24 bits per heavy atom. The van der Waals surface area contributed by atoms with Crippen LogP contribution in [0.25, 0.3) is 0 Å². The maximum atomic E-state index is 11.4. The number of nitrogens with zero attached hydrogens (tertiary/aromatic N) is 3. The summed E-state index contributed by atoms with van der Waals surface area (Å²) in [5.41, 5.74) is 5.17. The van der Waals surface area contributed by atoms with Crippen LogP contribution in [0.5, 0.6) is 0 Å². The fourth-order valence-corrected chi connectivity index (χ4v) is 1.000. The molecule has 1 atom stereocenters. The standard InChI is InChI=1S/C7H11N7O2S/c1-3(5-11-13-14-12-5)10-7(16)6(15)9-2-4(8)17/h3H,2H2,1H3,(H2,8,17)(H,9,15)(H,10,16)(H,11,12,13,14). The fourth-order valence-electron chi connectivity index (χ4n) is 0.927. The summed E-state index contributed by atoms with van der Waals surface area (Å²) < 4.78 is 0. The molecule has 1 aromatic rings. The van der Waals surface area contributed by atoms with Gasteiger partial charge in [-0.1, -0.05) is 17.4 Å². The zero-order valence-corrected chi connectivity index (χ0v) is 9.74. The monoisotopic (exact) mass is 257 g/mol. The van der Waals surface area contributed by atoms with Crippen molar-refractivity contribution >= 4 is 29.0 Å². The average molecular weight is 257 g/mol. The van der Waals surface area contributed by atoms with Crippen LogP contribution in [0.1, 0.15) is 18.8 Å². The summed E-state index contributed by atoms with van der Waals surface area (Å²) in [4.78, 5) is 22.7. The van der Waals surface area contributed by atoms with Gasteiger partial charge in [0, 0.05) is 0 Å². The van der Waals surface area contributed by atoms with Crippen LogP contribution in [0.15, 0.2) is 0 Å². The number of aromatic amines is 1. The Bertz CT molecular complexity index is 418. The van der Waals surface area contributed by atoms with Gasteiger partial charge in [0.1, 0.15) is 0 Å². The normalized spacial score (nSPS) is 11.6. The van der Waals surface area contributed by atoms with E-state index in [0.29, 0.717) is 0 Å². The Balaban J connectivity index is 2.43. The first-order valence-electron chi connectivity index (χ1n) is 4.61. The number of carbonyl (C=O) groups excluding carboxylic acids is 2. The first-order chi connectivity index (χ1) is 8.00. The van der Waals surface area contributed by atoms with Crippen molar-refractivity contribution < 1.29 is 9.59 Å². The number of amides is 2. The Hall–Kier alpha value is -2.10. The van der Waals surface area contributed by atoms with Crippen LogP contribution >= 0.6 is 12.2 Å². The van der Waals surface area contributed by atoms with Gasteiger partial charge in [0.15, 0.2) is 5.82 Å². The minimum atomic E-state index is -0.826. The molecule has 1 heterocycles. The maximum absolute atomic E-state index is 11.4. The molecule has 0 aromatic carbocycles. The second-order valence-electron chi connectivity index (χ2n) is 3.11. The third-order valence-corrected chi connectivity index (χ3v) is 1.87. The smallest absolute Gasteiger partial charge is 0.309 e. The van der Waals surface area contributed by atoms with Gasteiger partial charge in [0.25, 0.3) is 0 Å². The van der Waals surface area contributed by atoms with Crippen molar-refractivity contribution in [2.24, 2.45) is 5.73 Å². The first kappa shape index (κ1) is 13.0. The van der Waals surface area contributed by atoms with Crippen molar-refractivity contribution in [3.63, 3.8) is 0 Å². The molecule has 0 aliphatic heterocycles. The Morgan fingerprint density at radius 3 is 2.76 bits per heavy atom. The number of nitrogens with one attached hydrogen (secondary N) is 3. The molecular weight excluding hydrogens is 246 g/mol. The Morgan fingerprint density at radius 1 is 1.53 bits per heavy atom. The van der Waals surface area contributed by atoms with E-state index in [1.165, 1.54) is 0 Å². The quantitative estimate of drug-likeness (QED) is 0.354. The van der Waals surface area contributed by atoms with Gasteiger partial charge < -0.3 is 16.4 Å². The van der Waals surface area contributed by atoms with Crippen LogP contribution in [-0.2, 0) is 9.59 Å². The largest absolute Gasteiger partial charge is 0.392 e. The summed E-state index contributed by atoms with van der Waals surface area (Å²) >= 11 is 4.55. The Labute approximate surface area is 102 Å². The third-order valence-electron chi connectivity index (χ3n) is 1.73. The second kappa shape index (κ2) is 5.84. The van der Waals surface area contributed by atoms with Gasteiger partial charge in [-0.05, 0) is 6.92 Å². The van der Waals surface area contributed by atoms with E-state index in [1.807, 2.05) is 0 Å². The molecule has 0 saturated carbocycles. The lowest BCUT2D eigenvalue weighted by atomic mass is 10.3. The molecule has 0 bridgehead atoms. The molecule has 0 spiro atoms. The van der Waals surface area contributed by atoms with E-state index < -0.39 is 17.9 Å². The average Bonchev–Trinajstić information content (AvgIpc) is 2.78. The highest BCUT2D eigenvalue weighted by Gasteiger charge is 2.18. The highest BCUT2D eigenvalue weighted by atomic mass is 32.1. The highest BCUT2D eigenvalue weighted by molar-refractivity contribution is 7.80. The number of nitrogens with two attached hydrogens (primary N) is 1. The lowest BCUT2D eigenvalue weighted by molar-refractivity contribution is -0.139. The highest BCUT2D eigenvalue weighted by Crippen LogP contribution is 2.01. The summed E-state index contributed by atoms with van der Waals surface area (Å²) in [5.74, 6) is -1.37. The van der Waals surface area contributed by atoms with E-state index >= 15 is 0 Å². The lowest BCUT2D eigenvalue weighted by Gasteiger charge is -2.09. The molecule has 1 aromatic heterocycles. The van der Waals surface area contributed by atoms with Gasteiger partial charge in [-0.3, -0.25) is 9.59 Å². The van der Waals surface area contributed by atoms with Crippen molar-refractivity contribution in [3.8, 4) is 0 Å². The molecule has 1 unspecified atom stereocenters. The maximum Gasteiger partial charge on any atom is 0.309 e. The van der Waals surface area contributed by atoms with Crippen LogP contribution in [0.2, 0.25) is 0 Å². The van der Waals surface area contributed by atoms with E-state index in [-0.39, 0.29) is 17.4 Å². The van der Waals surface area contributed by atoms with Crippen LogP contribution in [-0.4, -0.2) is 44.0 Å². The van der Waals surface area contributed by atoms with E-state index in [1.54, 1.807) is 6.92 Å². The number of H-pyrrole nitrogens is 1. The second-order valence-corrected chi connectivity index (χ2v) is 3.64. The minimum absolute atomic E-state index is 0.0296. The van der Waals surface area contributed by atoms with Crippen LogP contribution in [0, 0.1) is 0 Å². The summed E-state index contributed by atoms with van der Waals surface area (Å²) in [6.45, 7) is 1.59. The van der Waals surface area contributed by atoms with Crippen LogP contribution in [0.3, 0.4) is 0 Å². The number of hydrogen-bond donors (Lipinski definition) is 4. The SMILES string of the molecule is CC(NC(=O)C(=O)NCC(N)=S)c1nn[nH]n1. The number of hydrogen-bond acceptors (Lipinski definition) is 6. The zero-order valence-electron chi connectivity index (χ0n) is 8.93. The number of rotatable bonds is 4. The predicted octanol–water partition coefficient (Wildman–Crippen LogP) is -2.22. The van der Waals surface area contributed by atoms with Gasteiger partial charge in [0.2, 0.25) is 0 Å². The van der Waals surface area contributed by atoms with E-state index in [9.17, 15) is 9.59 Å². The Kier molecular flexibility index (Phi) is 4.46. The first-order valence-corrected chi connectivity index (χ1v) is 5.02. The summed E-state index contributed by atoms with van der Waals surface area (Å²) in [7, 11) is 0. The third kappa shape index (κ3) is 4.10. The molecule has 0 aliphatic rings. The van der Waals surface area contributed by atoms with Gasteiger partial charge in [-0.15, -0.1) is 10.2 Å². The number of thiocarbonyl (C=S) groups is 1. The minimum Gasteiger partial charge on any atom is -0.392 e. The molecule has 0 radical (unpaired) electrons. The molecule has 0 aliphatic carbocycles. The van der Waals surface area contributed by atoms with Crippen molar-refractivity contribution in [2.45, 2.75) is 13.0 Å². The van der Waals surface area contributed by atoms with Crippen LogP contribution in [0.4, 0.5) is 0 Å². The van der Waals surface area contributed by atoms with Gasteiger partial charge in [-0.2, -0.15) is 5.21 Å². The van der Waals surface area contributed by atoms with Crippen molar-refractivity contribution in [2.75, 3.05) is 6.54 Å². The predicted molar refractivity (Wildman–Crippen MR) is 60.5 cm³/mol. The summed E-state index contributed by atoms with van der Waals surface area (Å²) in [5, 5.41) is 17.5. The molecular formula is C7H11N7O2S. The molecule has 17 heavy (non-hydrogen) atoms. The molecule has 10 heteroatoms. The molecule has 92 valence electrons. The summed E-state index contributed by atoms with van der Waals surface area (Å²) in [6, 6.07) is -0.531. The lowest BCUT2D eigenvalue weighted by Crippen LogP contribution is -2.43. The number of tetrazole rings is 1. The zero-order chi connectivity index (χ0) is 12.8.